The molecule has 0 saturated heterocycles. The first kappa shape index (κ1) is 28.4. The summed E-state index contributed by atoms with van der Waals surface area (Å²) in [5.74, 6) is 8.98. The number of carbonyl (C=O) groups excluding carboxylic acids is 1. The first-order valence-electron chi connectivity index (χ1n) is 18.9. The zero-order valence-electron chi connectivity index (χ0n) is 26.9. The van der Waals surface area contributed by atoms with E-state index < -0.39 is 0 Å². The van der Waals surface area contributed by atoms with E-state index in [-0.39, 0.29) is 11.5 Å². The SMILES string of the molecule is C=C1C2CC3C4CCCC4CCC3C2C2C(CC13CCCC3)C2(C(N)C=O)C1C=CC2CC(CNc3ccccc3)CC2C1. The van der Waals surface area contributed by atoms with Crippen molar-refractivity contribution in [1.82, 2.24) is 0 Å². The average molecular weight is 593 g/mol. The minimum Gasteiger partial charge on any atom is -0.385 e. The fourth-order valence-corrected chi connectivity index (χ4v) is 14.5. The molecule has 7 saturated carbocycles. The first-order valence-corrected chi connectivity index (χ1v) is 18.9. The van der Waals surface area contributed by atoms with Crippen LogP contribution in [-0.4, -0.2) is 18.9 Å². The van der Waals surface area contributed by atoms with Crippen LogP contribution >= 0.6 is 0 Å². The van der Waals surface area contributed by atoms with Gasteiger partial charge in [-0.3, -0.25) is 0 Å². The molecule has 3 nitrogen and oxygen atoms in total. The van der Waals surface area contributed by atoms with Crippen molar-refractivity contribution in [3.8, 4) is 0 Å². The van der Waals surface area contributed by atoms with Gasteiger partial charge in [-0.25, -0.2) is 0 Å². The lowest BCUT2D eigenvalue weighted by Gasteiger charge is -2.43. The number of hydrogen-bond acceptors (Lipinski definition) is 3. The highest BCUT2D eigenvalue weighted by atomic mass is 16.1. The fraction of sp³-hybridized carbons (Fsp3) is 0.732. The van der Waals surface area contributed by atoms with Gasteiger partial charge in [0.2, 0.25) is 0 Å². The molecule has 44 heavy (non-hydrogen) atoms. The molecule has 8 aliphatic rings. The van der Waals surface area contributed by atoms with Gasteiger partial charge >= 0.3 is 0 Å². The predicted octanol–water partition coefficient (Wildman–Crippen LogP) is 8.67. The standard InChI is InChI=1S/C41H56N2O/c1-25-34-21-35-32-11-7-8-27(32)13-15-33(35)38(34)39-36(22-40(25)16-5-6-17-40)41(39,37(42)24-44)30-14-12-28-18-26(19-29(28)20-30)23-43-31-9-3-2-4-10-31/h2-4,9-10,12,14,24,26-30,32-39,43H,1,5-8,11,13,15-23,42H2. The molecular formula is C41H56N2O. The monoisotopic (exact) mass is 592 g/mol. The van der Waals surface area contributed by atoms with Crippen molar-refractivity contribution in [2.24, 2.45) is 87.6 Å². The number of aldehydes is 1. The van der Waals surface area contributed by atoms with Crippen LogP contribution in [0.2, 0.25) is 0 Å². The van der Waals surface area contributed by atoms with Gasteiger partial charge in [0.1, 0.15) is 6.29 Å². The summed E-state index contributed by atoms with van der Waals surface area (Å²) in [5.41, 5.74) is 10.4. The van der Waals surface area contributed by atoms with Gasteiger partial charge in [-0.1, -0.05) is 68.2 Å². The Labute approximate surface area is 266 Å². The molecule has 1 spiro atoms. The van der Waals surface area contributed by atoms with Gasteiger partial charge in [0.25, 0.3) is 0 Å². The highest BCUT2D eigenvalue weighted by Gasteiger charge is 2.77. The number of rotatable bonds is 6. The number of para-hydroxylation sites is 1. The topological polar surface area (TPSA) is 55.1 Å². The summed E-state index contributed by atoms with van der Waals surface area (Å²) in [4.78, 5) is 12.9. The van der Waals surface area contributed by atoms with E-state index >= 15 is 0 Å². The highest BCUT2D eigenvalue weighted by Crippen LogP contribution is 2.80. The minimum absolute atomic E-state index is 0.0236. The number of carbonyl (C=O) groups is 1. The van der Waals surface area contributed by atoms with Gasteiger partial charge in [0, 0.05) is 17.6 Å². The second-order valence-corrected chi connectivity index (χ2v) is 17.4. The van der Waals surface area contributed by atoms with E-state index in [1.165, 1.54) is 102 Å². The lowest BCUT2D eigenvalue weighted by molar-refractivity contribution is -0.111. The maximum atomic E-state index is 12.9. The third-order valence-corrected chi connectivity index (χ3v) is 16.2. The number of anilines is 1. The van der Waals surface area contributed by atoms with E-state index in [1.54, 1.807) is 5.57 Å². The summed E-state index contributed by atoms with van der Waals surface area (Å²) < 4.78 is 0. The summed E-state index contributed by atoms with van der Waals surface area (Å²) in [5, 5.41) is 3.73. The van der Waals surface area contributed by atoms with Gasteiger partial charge in [-0.2, -0.15) is 0 Å². The van der Waals surface area contributed by atoms with Crippen molar-refractivity contribution in [2.45, 2.75) is 95.9 Å². The number of benzene rings is 1. The molecule has 1 aromatic rings. The van der Waals surface area contributed by atoms with Gasteiger partial charge in [-0.05, 0) is 153 Å². The molecule has 0 aromatic heterocycles. The Kier molecular flexibility index (Phi) is 6.82. The third-order valence-electron chi connectivity index (χ3n) is 16.2. The molecule has 14 unspecified atom stereocenters. The zero-order chi connectivity index (χ0) is 29.6. The van der Waals surface area contributed by atoms with Crippen LogP contribution in [0.1, 0.15) is 89.9 Å². The van der Waals surface area contributed by atoms with E-state index in [1.807, 2.05) is 0 Å². The van der Waals surface area contributed by atoms with Gasteiger partial charge < -0.3 is 15.8 Å². The number of nitrogens with one attached hydrogen (secondary N) is 1. The first-order chi connectivity index (χ1) is 21.5. The van der Waals surface area contributed by atoms with Crippen LogP contribution in [0.25, 0.3) is 0 Å². The fourth-order valence-electron chi connectivity index (χ4n) is 14.5. The molecule has 0 bridgehead atoms. The number of hydrogen-bond donors (Lipinski definition) is 2. The Hall–Kier alpha value is -1.87. The molecule has 14 atom stereocenters. The Balaban J connectivity index is 1.02. The highest BCUT2D eigenvalue weighted by molar-refractivity contribution is 5.62. The summed E-state index contributed by atoms with van der Waals surface area (Å²) in [6.07, 6.45) is 25.7. The van der Waals surface area contributed by atoms with Crippen LogP contribution in [0.4, 0.5) is 5.69 Å². The molecule has 0 radical (unpaired) electrons. The molecular weight excluding hydrogens is 536 g/mol. The summed E-state index contributed by atoms with van der Waals surface area (Å²) in [6.45, 7) is 6.12. The lowest BCUT2D eigenvalue weighted by Crippen LogP contribution is -2.45. The normalized spacial score (nSPS) is 48.5. The summed E-state index contributed by atoms with van der Waals surface area (Å²) in [6, 6.07) is 10.4. The van der Waals surface area contributed by atoms with E-state index in [4.69, 9.17) is 12.3 Å². The van der Waals surface area contributed by atoms with Gasteiger partial charge in [-0.15, -0.1) is 0 Å². The molecule has 8 aliphatic carbocycles. The number of nitrogens with two attached hydrogens (primary N) is 1. The van der Waals surface area contributed by atoms with Crippen molar-refractivity contribution < 1.29 is 4.79 Å². The van der Waals surface area contributed by atoms with Crippen molar-refractivity contribution >= 4 is 12.0 Å². The van der Waals surface area contributed by atoms with Crippen LogP contribution < -0.4 is 11.1 Å². The zero-order valence-corrected chi connectivity index (χ0v) is 26.9. The largest absolute Gasteiger partial charge is 0.385 e. The molecule has 1 aromatic carbocycles. The molecule has 236 valence electrons. The smallest absolute Gasteiger partial charge is 0.137 e. The second kappa shape index (κ2) is 10.6. The van der Waals surface area contributed by atoms with Crippen molar-refractivity contribution in [1.29, 1.82) is 0 Å². The van der Waals surface area contributed by atoms with Crippen molar-refractivity contribution in [3.05, 3.63) is 54.6 Å². The lowest BCUT2D eigenvalue weighted by atomic mass is 9.62. The van der Waals surface area contributed by atoms with Crippen LogP contribution in [0.5, 0.6) is 0 Å². The Morgan fingerprint density at radius 3 is 2.57 bits per heavy atom. The number of fused-ring (bicyclic) bond motifs is 8. The molecule has 0 aliphatic heterocycles. The molecule has 3 heteroatoms. The average Bonchev–Trinajstić information content (AvgIpc) is 3.65. The van der Waals surface area contributed by atoms with Crippen LogP contribution in [-0.2, 0) is 4.79 Å². The minimum atomic E-state index is -0.326. The Morgan fingerprint density at radius 2 is 1.75 bits per heavy atom. The Bertz CT molecular complexity index is 1300. The number of allylic oxidation sites excluding steroid dienone is 3. The van der Waals surface area contributed by atoms with Gasteiger partial charge in [0.15, 0.2) is 0 Å². The van der Waals surface area contributed by atoms with E-state index in [9.17, 15) is 4.79 Å². The maximum Gasteiger partial charge on any atom is 0.137 e. The van der Waals surface area contributed by atoms with Crippen LogP contribution in [0.3, 0.4) is 0 Å². The van der Waals surface area contributed by atoms with E-state index in [0.717, 1.165) is 48.0 Å². The maximum absolute atomic E-state index is 12.9. The molecule has 0 amide bonds. The summed E-state index contributed by atoms with van der Waals surface area (Å²) >= 11 is 0. The Morgan fingerprint density at radius 1 is 0.909 bits per heavy atom. The van der Waals surface area contributed by atoms with Gasteiger partial charge in [0.05, 0.1) is 6.04 Å². The predicted molar refractivity (Wildman–Crippen MR) is 179 cm³/mol. The summed E-state index contributed by atoms with van der Waals surface area (Å²) in [7, 11) is 0. The van der Waals surface area contributed by atoms with Crippen LogP contribution in [0.15, 0.2) is 54.6 Å². The van der Waals surface area contributed by atoms with Crippen molar-refractivity contribution in [3.63, 3.8) is 0 Å². The third kappa shape index (κ3) is 4.05. The quantitative estimate of drug-likeness (QED) is 0.257. The van der Waals surface area contributed by atoms with Crippen LogP contribution in [0, 0.1) is 81.8 Å². The molecule has 7 fully saturated rings. The van der Waals surface area contributed by atoms with Crippen molar-refractivity contribution in [2.75, 3.05) is 11.9 Å². The second-order valence-electron chi connectivity index (χ2n) is 17.4. The molecule has 0 heterocycles. The van der Waals surface area contributed by atoms with E-state index in [2.05, 4.69) is 47.8 Å². The molecule has 3 N–H and O–H groups in total. The molecule has 9 rings (SSSR count). The van der Waals surface area contributed by atoms with E-state index in [0.29, 0.717) is 35.0 Å².